The fourth-order valence-electron chi connectivity index (χ4n) is 3.74. The molecule has 0 spiro atoms. The fraction of sp³-hybridized carbons (Fsp3) is 0.600. The van der Waals surface area contributed by atoms with Crippen LogP contribution < -0.4 is 0 Å². The topological polar surface area (TPSA) is 27.7 Å². The zero-order valence-electron chi connectivity index (χ0n) is 21.1. The molecule has 0 amide bonds. The molecule has 3 rings (SSSR count). The van der Waals surface area contributed by atoms with Crippen molar-refractivity contribution in [1.82, 2.24) is 0 Å². The Bertz CT molecular complexity index is 656. The quantitative estimate of drug-likeness (QED) is 0.163. The summed E-state index contributed by atoms with van der Waals surface area (Å²) in [5.74, 6) is -0.744. The van der Waals surface area contributed by atoms with Crippen molar-refractivity contribution >= 4 is 0 Å². The van der Waals surface area contributed by atoms with E-state index >= 15 is 0 Å². The second-order valence-electron chi connectivity index (χ2n) is 9.37. The highest BCUT2D eigenvalue weighted by molar-refractivity contribution is 5.01. The highest BCUT2D eigenvalue weighted by Gasteiger charge is 2.49. The fourth-order valence-corrected chi connectivity index (χ4v) is 3.74. The van der Waals surface area contributed by atoms with Crippen molar-refractivity contribution in [2.75, 3.05) is 19.8 Å². The average Bonchev–Trinajstić information content (AvgIpc) is 2.83. The number of ether oxygens (including phenoxy) is 3. The molecule has 3 aliphatic rings. The van der Waals surface area contributed by atoms with Gasteiger partial charge in [-0.15, -0.1) is 0 Å². The van der Waals surface area contributed by atoms with E-state index in [9.17, 15) is 0 Å². The zero-order valence-corrected chi connectivity index (χ0v) is 21.1. The Morgan fingerprint density at radius 3 is 1.42 bits per heavy atom. The van der Waals surface area contributed by atoms with E-state index in [1.54, 1.807) is 0 Å². The SMILES string of the molecule is CC/C=C\C/C=C\C/C=C\C/C=C\C/C=C\C/C=C\CCCCCC12OCC(C)(CO1)CO2. The predicted octanol–water partition coefficient (Wildman–Crippen LogP) is 8.37. The monoisotopic (exact) mass is 454 g/mol. The van der Waals surface area contributed by atoms with Crippen molar-refractivity contribution < 1.29 is 14.2 Å². The van der Waals surface area contributed by atoms with Crippen LogP contribution >= 0.6 is 0 Å². The Morgan fingerprint density at radius 1 is 0.545 bits per heavy atom. The van der Waals surface area contributed by atoms with Crippen molar-refractivity contribution in [3.63, 3.8) is 0 Å². The van der Waals surface area contributed by atoms with Gasteiger partial charge in [0, 0.05) is 11.8 Å². The summed E-state index contributed by atoms with van der Waals surface area (Å²) in [6, 6.07) is 0. The second kappa shape index (κ2) is 16.9. The lowest BCUT2D eigenvalue weighted by Gasteiger charge is -2.50. The summed E-state index contributed by atoms with van der Waals surface area (Å²) in [6.45, 7) is 6.59. The molecule has 3 fully saturated rings. The molecule has 0 unspecified atom stereocenters. The summed E-state index contributed by atoms with van der Waals surface area (Å²) in [5, 5.41) is 0. The molecule has 184 valence electrons. The van der Waals surface area contributed by atoms with Crippen LogP contribution in [-0.2, 0) is 14.2 Å². The van der Waals surface area contributed by atoms with Crippen LogP contribution in [0.3, 0.4) is 0 Å². The first-order valence-electron chi connectivity index (χ1n) is 13.0. The van der Waals surface area contributed by atoms with Crippen LogP contribution in [0.15, 0.2) is 72.9 Å². The van der Waals surface area contributed by atoms with E-state index in [1.165, 1.54) is 12.8 Å². The molecule has 0 radical (unpaired) electrons. The van der Waals surface area contributed by atoms with E-state index in [0.717, 1.165) is 77.6 Å². The number of fused-ring (bicyclic) bond motifs is 3. The molecule has 3 nitrogen and oxygen atoms in total. The molecule has 0 N–H and O–H groups in total. The molecular weight excluding hydrogens is 408 g/mol. The zero-order chi connectivity index (χ0) is 23.5. The van der Waals surface area contributed by atoms with Crippen molar-refractivity contribution in [3.05, 3.63) is 72.9 Å². The van der Waals surface area contributed by atoms with E-state index in [4.69, 9.17) is 14.2 Å². The molecule has 3 aliphatic heterocycles. The lowest BCUT2D eigenvalue weighted by molar-refractivity contribution is -0.467. The minimum Gasteiger partial charge on any atom is -0.327 e. The molecule has 0 atom stereocenters. The van der Waals surface area contributed by atoms with Gasteiger partial charge in [0.05, 0.1) is 19.8 Å². The molecule has 0 aliphatic carbocycles. The van der Waals surface area contributed by atoms with Gasteiger partial charge < -0.3 is 14.2 Å². The Kier molecular flexibility index (Phi) is 14.1. The van der Waals surface area contributed by atoms with Gasteiger partial charge in [0.15, 0.2) is 0 Å². The lowest BCUT2D eigenvalue weighted by atomic mass is 9.91. The summed E-state index contributed by atoms with van der Waals surface area (Å²) in [4.78, 5) is 0. The number of hydrogen-bond donors (Lipinski definition) is 0. The van der Waals surface area contributed by atoms with Crippen molar-refractivity contribution in [2.24, 2.45) is 5.41 Å². The lowest BCUT2D eigenvalue weighted by Crippen LogP contribution is -2.58. The molecule has 3 saturated heterocycles. The number of rotatable bonds is 17. The first kappa shape index (κ1) is 27.6. The molecule has 0 saturated carbocycles. The Morgan fingerprint density at radius 2 is 0.970 bits per heavy atom. The molecular formula is C30H46O3. The summed E-state index contributed by atoms with van der Waals surface area (Å²) in [7, 11) is 0. The van der Waals surface area contributed by atoms with Gasteiger partial charge in [-0.25, -0.2) is 0 Å². The maximum atomic E-state index is 5.84. The minimum atomic E-state index is -0.744. The van der Waals surface area contributed by atoms with Crippen LogP contribution in [0.1, 0.15) is 84.5 Å². The van der Waals surface area contributed by atoms with Crippen LogP contribution in [0.5, 0.6) is 0 Å². The standard InChI is InChI=1S/C30H46O3/c1-3-4-5-6-7-8-9-10-11-12-13-14-15-16-17-18-19-20-21-22-23-24-25-30-31-26-29(2,27-32-30)28-33-30/h4-5,7-8,10-11,13-14,16-17,19-20H,3,6,9,12,15,18,21-28H2,1-2H3/b5-4-,8-7-,11-10-,14-13-,17-16-,20-19-. The predicted molar refractivity (Wildman–Crippen MR) is 140 cm³/mol. The van der Waals surface area contributed by atoms with Crippen LogP contribution in [0.25, 0.3) is 0 Å². The van der Waals surface area contributed by atoms with Crippen LogP contribution in [0.2, 0.25) is 0 Å². The van der Waals surface area contributed by atoms with E-state index in [1.807, 2.05) is 0 Å². The highest BCUT2D eigenvalue weighted by Crippen LogP contribution is 2.40. The largest absolute Gasteiger partial charge is 0.327 e. The first-order chi connectivity index (χ1) is 16.2. The molecule has 0 aromatic heterocycles. The summed E-state index contributed by atoms with van der Waals surface area (Å²) in [6.07, 6.45) is 38.6. The molecule has 33 heavy (non-hydrogen) atoms. The molecule has 3 heteroatoms. The third-order valence-electron chi connectivity index (χ3n) is 5.87. The van der Waals surface area contributed by atoms with Gasteiger partial charge in [-0.05, 0) is 57.8 Å². The number of unbranched alkanes of at least 4 members (excludes halogenated alkanes) is 3. The molecule has 0 aromatic rings. The van der Waals surface area contributed by atoms with Gasteiger partial charge in [0.2, 0.25) is 0 Å². The van der Waals surface area contributed by atoms with Gasteiger partial charge in [0.25, 0.3) is 5.97 Å². The number of hydrogen-bond acceptors (Lipinski definition) is 3. The highest BCUT2D eigenvalue weighted by atomic mass is 16.9. The van der Waals surface area contributed by atoms with Gasteiger partial charge in [-0.3, -0.25) is 0 Å². The van der Waals surface area contributed by atoms with E-state index < -0.39 is 5.97 Å². The normalized spacial score (nSPS) is 26.0. The third kappa shape index (κ3) is 12.4. The van der Waals surface area contributed by atoms with E-state index in [-0.39, 0.29) is 5.41 Å². The Hall–Kier alpha value is -1.68. The molecule has 0 aromatic carbocycles. The van der Waals surface area contributed by atoms with Gasteiger partial charge in [0.1, 0.15) is 0 Å². The van der Waals surface area contributed by atoms with E-state index in [2.05, 4.69) is 86.8 Å². The number of allylic oxidation sites excluding steroid dienone is 12. The van der Waals surface area contributed by atoms with Crippen LogP contribution in [-0.4, -0.2) is 25.8 Å². The molecule has 2 bridgehead atoms. The maximum Gasteiger partial charge on any atom is 0.282 e. The van der Waals surface area contributed by atoms with Crippen molar-refractivity contribution in [1.29, 1.82) is 0 Å². The van der Waals surface area contributed by atoms with Crippen LogP contribution in [0.4, 0.5) is 0 Å². The minimum absolute atomic E-state index is 0.0533. The summed E-state index contributed by atoms with van der Waals surface area (Å²) < 4.78 is 17.5. The van der Waals surface area contributed by atoms with Crippen molar-refractivity contribution in [2.45, 2.75) is 90.4 Å². The second-order valence-corrected chi connectivity index (χ2v) is 9.37. The third-order valence-corrected chi connectivity index (χ3v) is 5.87. The average molecular weight is 455 g/mol. The summed E-state index contributed by atoms with van der Waals surface area (Å²) >= 11 is 0. The summed E-state index contributed by atoms with van der Waals surface area (Å²) in [5.41, 5.74) is 0.0533. The first-order valence-corrected chi connectivity index (χ1v) is 13.0. The van der Waals surface area contributed by atoms with Gasteiger partial charge in [-0.1, -0.05) is 93.2 Å². The van der Waals surface area contributed by atoms with Crippen molar-refractivity contribution in [3.8, 4) is 0 Å². The van der Waals surface area contributed by atoms with Gasteiger partial charge >= 0.3 is 0 Å². The Labute approximate surface area is 203 Å². The smallest absolute Gasteiger partial charge is 0.282 e. The van der Waals surface area contributed by atoms with Crippen LogP contribution in [0, 0.1) is 5.41 Å². The molecule has 3 heterocycles. The van der Waals surface area contributed by atoms with Gasteiger partial charge in [-0.2, -0.15) is 0 Å². The van der Waals surface area contributed by atoms with E-state index in [0.29, 0.717) is 0 Å². The maximum absolute atomic E-state index is 5.84. The Balaban J connectivity index is 1.37.